The zero-order valence-corrected chi connectivity index (χ0v) is 16.7. The number of nitrogen functional groups attached to an aromatic ring is 1. The molecule has 2 N–H and O–H groups in total. The first-order valence-corrected chi connectivity index (χ1v) is 9.94. The molecule has 0 unspecified atom stereocenters. The fourth-order valence-corrected chi connectivity index (χ4v) is 3.80. The molecule has 0 aliphatic carbocycles. The lowest BCUT2D eigenvalue weighted by Gasteiger charge is -2.10. The van der Waals surface area contributed by atoms with Crippen LogP contribution >= 0.6 is 35.0 Å². The number of hydrogen-bond donors (Lipinski definition) is 1. The van der Waals surface area contributed by atoms with Crippen LogP contribution in [-0.2, 0) is 12.3 Å². The van der Waals surface area contributed by atoms with Crippen LogP contribution in [0.4, 0.5) is 5.95 Å². The van der Waals surface area contributed by atoms with Gasteiger partial charge in [-0.1, -0.05) is 64.3 Å². The van der Waals surface area contributed by atoms with Gasteiger partial charge in [0.05, 0.1) is 10.0 Å². The van der Waals surface area contributed by atoms with Gasteiger partial charge >= 0.3 is 0 Å². The average Bonchev–Trinajstić information content (AvgIpc) is 3.30. The number of thioether (sulfide) groups is 1. The average molecular weight is 433 g/mol. The van der Waals surface area contributed by atoms with Crippen molar-refractivity contribution in [3.8, 4) is 5.69 Å². The van der Waals surface area contributed by atoms with Crippen LogP contribution in [0.25, 0.3) is 5.69 Å². The van der Waals surface area contributed by atoms with E-state index >= 15 is 0 Å². The van der Waals surface area contributed by atoms with Crippen LogP contribution < -0.4 is 5.73 Å². The van der Waals surface area contributed by atoms with E-state index in [4.69, 9.17) is 28.9 Å². The summed E-state index contributed by atoms with van der Waals surface area (Å²) < 4.78 is 3.43. The van der Waals surface area contributed by atoms with E-state index < -0.39 is 0 Å². The molecule has 28 heavy (non-hydrogen) atoms. The van der Waals surface area contributed by atoms with Crippen LogP contribution in [0.3, 0.4) is 0 Å². The van der Waals surface area contributed by atoms with Crippen LogP contribution in [-0.4, -0.2) is 35.0 Å². The van der Waals surface area contributed by atoms with Crippen molar-refractivity contribution in [2.24, 2.45) is 0 Å². The molecule has 2 aromatic carbocycles. The zero-order chi connectivity index (χ0) is 19.5. The second-order valence-corrected chi connectivity index (χ2v) is 7.56. The third kappa shape index (κ3) is 3.96. The minimum absolute atomic E-state index is 0.215. The standard InChI is InChI=1S/C17H14Cl2N8S/c18-13-7-6-11(8-14(13)19)10-28-17-23-21-15(9-26-16(20)22-24-25-26)27(17)12-4-2-1-3-5-12/h1-8H,9-10H2,(H2,20,22,25). The Morgan fingerprint density at radius 1 is 0.964 bits per heavy atom. The van der Waals surface area contributed by atoms with Gasteiger partial charge in [-0.2, -0.15) is 0 Å². The second-order valence-electron chi connectivity index (χ2n) is 5.80. The summed E-state index contributed by atoms with van der Waals surface area (Å²) in [5, 5.41) is 21.6. The maximum Gasteiger partial charge on any atom is 0.240 e. The normalized spacial score (nSPS) is 11.1. The SMILES string of the molecule is Nc1nnnn1Cc1nnc(SCc2ccc(Cl)c(Cl)c2)n1-c1ccccc1. The number of aromatic nitrogens is 7. The van der Waals surface area contributed by atoms with Gasteiger partial charge in [0.2, 0.25) is 5.95 Å². The van der Waals surface area contributed by atoms with E-state index in [1.165, 1.54) is 4.68 Å². The fraction of sp³-hybridized carbons (Fsp3) is 0.118. The summed E-state index contributed by atoms with van der Waals surface area (Å²) in [6, 6.07) is 15.4. The Kier molecular flexibility index (Phi) is 5.47. The molecule has 0 fully saturated rings. The third-order valence-corrected chi connectivity index (χ3v) is 5.66. The van der Waals surface area contributed by atoms with Gasteiger partial charge in [0, 0.05) is 11.4 Å². The summed E-state index contributed by atoms with van der Waals surface area (Å²) in [7, 11) is 0. The first kappa shape index (κ1) is 18.7. The Morgan fingerprint density at radius 3 is 2.50 bits per heavy atom. The molecule has 142 valence electrons. The Bertz CT molecular complexity index is 1100. The number of para-hydroxylation sites is 1. The topological polar surface area (TPSA) is 100 Å². The van der Waals surface area contributed by atoms with E-state index in [9.17, 15) is 0 Å². The molecule has 11 heteroatoms. The molecule has 4 aromatic rings. The lowest BCUT2D eigenvalue weighted by atomic mass is 10.2. The molecule has 0 atom stereocenters. The molecule has 4 rings (SSSR count). The molecule has 0 aliphatic heterocycles. The molecular formula is C17H14Cl2N8S. The van der Waals surface area contributed by atoms with Gasteiger partial charge in [0.25, 0.3) is 0 Å². The molecule has 0 amide bonds. The van der Waals surface area contributed by atoms with E-state index in [1.807, 2.05) is 47.0 Å². The summed E-state index contributed by atoms with van der Waals surface area (Å²) in [5.41, 5.74) is 7.76. The lowest BCUT2D eigenvalue weighted by Crippen LogP contribution is -2.11. The van der Waals surface area contributed by atoms with Gasteiger partial charge in [-0.25, -0.2) is 4.68 Å². The number of rotatable bonds is 6. The summed E-state index contributed by atoms with van der Waals surface area (Å²) in [4.78, 5) is 0. The Morgan fingerprint density at radius 2 is 1.79 bits per heavy atom. The smallest absolute Gasteiger partial charge is 0.240 e. The van der Waals surface area contributed by atoms with Crippen molar-refractivity contribution in [1.29, 1.82) is 0 Å². The molecule has 2 aromatic heterocycles. The highest BCUT2D eigenvalue weighted by Gasteiger charge is 2.16. The quantitative estimate of drug-likeness (QED) is 0.465. The summed E-state index contributed by atoms with van der Waals surface area (Å²) in [6.07, 6.45) is 0. The number of anilines is 1. The fourth-order valence-electron chi connectivity index (χ4n) is 2.57. The van der Waals surface area contributed by atoms with E-state index in [0.717, 1.165) is 16.4 Å². The molecule has 2 heterocycles. The van der Waals surface area contributed by atoms with Crippen molar-refractivity contribution in [2.75, 3.05) is 5.73 Å². The minimum Gasteiger partial charge on any atom is -0.367 e. The summed E-state index contributed by atoms with van der Waals surface area (Å²) >= 11 is 13.6. The van der Waals surface area contributed by atoms with Crippen LogP contribution in [0.1, 0.15) is 11.4 Å². The first-order valence-electron chi connectivity index (χ1n) is 8.20. The number of halogens is 2. The highest BCUT2D eigenvalue weighted by Crippen LogP contribution is 2.29. The molecule has 0 saturated heterocycles. The van der Waals surface area contributed by atoms with Gasteiger partial charge in [-0.3, -0.25) is 4.57 Å². The second kappa shape index (κ2) is 8.17. The van der Waals surface area contributed by atoms with Crippen molar-refractivity contribution in [2.45, 2.75) is 17.5 Å². The molecule has 8 nitrogen and oxygen atoms in total. The Hall–Kier alpha value is -2.62. The molecule has 0 bridgehead atoms. The van der Waals surface area contributed by atoms with Gasteiger partial charge in [0.15, 0.2) is 11.0 Å². The van der Waals surface area contributed by atoms with Gasteiger partial charge in [-0.15, -0.1) is 10.2 Å². The molecule has 0 radical (unpaired) electrons. The zero-order valence-electron chi connectivity index (χ0n) is 14.4. The highest BCUT2D eigenvalue weighted by molar-refractivity contribution is 7.98. The monoisotopic (exact) mass is 432 g/mol. The van der Waals surface area contributed by atoms with Crippen molar-refractivity contribution in [3.05, 3.63) is 70.0 Å². The number of nitrogens with two attached hydrogens (primary N) is 1. The lowest BCUT2D eigenvalue weighted by molar-refractivity contribution is 0.619. The van der Waals surface area contributed by atoms with Crippen molar-refractivity contribution < 1.29 is 0 Å². The maximum atomic E-state index is 6.11. The highest BCUT2D eigenvalue weighted by atomic mass is 35.5. The van der Waals surface area contributed by atoms with Crippen LogP contribution in [0.2, 0.25) is 10.0 Å². The van der Waals surface area contributed by atoms with E-state index in [-0.39, 0.29) is 5.95 Å². The predicted octanol–water partition coefficient (Wildman–Crippen LogP) is 3.48. The molecular weight excluding hydrogens is 419 g/mol. The van der Waals surface area contributed by atoms with E-state index in [1.54, 1.807) is 17.8 Å². The van der Waals surface area contributed by atoms with E-state index in [0.29, 0.717) is 28.2 Å². The van der Waals surface area contributed by atoms with Crippen LogP contribution in [0, 0.1) is 0 Å². The minimum atomic E-state index is 0.215. The van der Waals surface area contributed by atoms with Crippen LogP contribution in [0.5, 0.6) is 0 Å². The number of benzene rings is 2. The van der Waals surface area contributed by atoms with Crippen molar-refractivity contribution >= 4 is 40.9 Å². The summed E-state index contributed by atoms with van der Waals surface area (Å²) in [6.45, 7) is 0.300. The van der Waals surface area contributed by atoms with Gasteiger partial charge in [0.1, 0.15) is 6.54 Å². The van der Waals surface area contributed by atoms with Crippen molar-refractivity contribution in [3.63, 3.8) is 0 Å². The Labute approximate surface area is 174 Å². The van der Waals surface area contributed by atoms with Gasteiger partial charge in [-0.05, 0) is 40.3 Å². The molecule has 0 spiro atoms. The number of hydrogen-bond acceptors (Lipinski definition) is 7. The largest absolute Gasteiger partial charge is 0.367 e. The van der Waals surface area contributed by atoms with Gasteiger partial charge < -0.3 is 5.73 Å². The molecule has 0 saturated carbocycles. The molecule has 0 aliphatic rings. The maximum absolute atomic E-state index is 6.11. The van der Waals surface area contributed by atoms with Crippen LogP contribution in [0.15, 0.2) is 53.7 Å². The third-order valence-electron chi connectivity index (χ3n) is 3.92. The first-order chi connectivity index (χ1) is 13.6. The number of tetrazole rings is 1. The van der Waals surface area contributed by atoms with E-state index in [2.05, 4.69) is 25.7 Å². The number of nitrogens with zero attached hydrogens (tertiary/aromatic N) is 7. The Balaban J connectivity index is 1.65. The summed E-state index contributed by atoms with van der Waals surface area (Å²) in [5.74, 6) is 1.55. The van der Waals surface area contributed by atoms with Crippen molar-refractivity contribution in [1.82, 2.24) is 35.0 Å². The predicted molar refractivity (Wildman–Crippen MR) is 109 cm³/mol.